The Kier molecular flexibility index (Phi) is 4.15. The molecule has 1 aromatic heterocycles. The van der Waals surface area contributed by atoms with E-state index in [9.17, 15) is 4.39 Å². The molecule has 0 spiro atoms. The summed E-state index contributed by atoms with van der Waals surface area (Å²) in [6.07, 6.45) is 3.89. The molecule has 0 saturated carbocycles. The van der Waals surface area contributed by atoms with Crippen LogP contribution in [0.15, 0.2) is 18.2 Å². The first kappa shape index (κ1) is 14.0. The van der Waals surface area contributed by atoms with Crippen molar-refractivity contribution in [3.8, 4) is 5.75 Å². The van der Waals surface area contributed by atoms with Crippen molar-refractivity contribution in [3.05, 3.63) is 41.2 Å². The summed E-state index contributed by atoms with van der Waals surface area (Å²) < 4.78 is 21.3. The molecule has 21 heavy (non-hydrogen) atoms. The molecule has 2 heterocycles. The van der Waals surface area contributed by atoms with Gasteiger partial charge in [-0.2, -0.15) is 0 Å². The Morgan fingerprint density at radius 2 is 2.14 bits per heavy atom. The molecule has 0 radical (unpaired) electrons. The Balaban J connectivity index is 1.71. The van der Waals surface area contributed by atoms with Gasteiger partial charge in [-0.1, -0.05) is 0 Å². The summed E-state index contributed by atoms with van der Waals surface area (Å²) in [7, 11) is 0. The van der Waals surface area contributed by atoms with E-state index in [-0.39, 0.29) is 5.82 Å². The molecule has 112 valence electrons. The highest BCUT2D eigenvalue weighted by atomic mass is 19.1. The van der Waals surface area contributed by atoms with E-state index >= 15 is 0 Å². The lowest BCUT2D eigenvalue weighted by molar-refractivity contribution is 0.284. The van der Waals surface area contributed by atoms with Gasteiger partial charge in [0.25, 0.3) is 0 Å². The molecule has 1 aromatic carbocycles. The predicted octanol–water partition coefficient (Wildman–Crippen LogP) is 1.83. The van der Waals surface area contributed by atoms with Crippen molar-refractivity contribution in [1.82, 2.24) is 14.8 Å². The number of rotatable bonds is 5. The van der Waals surface area contributed by atoms with Gasteiger partial charge in [0, 0.05) is 19.0 Å². The van der Waals surface area contributed by atoms with Crippen LogP contribution in [0.25, 0.3) is 0 Å². The maximum Gasteiger partial charge on any atom is 0.171 e. The van der Waals surface area contributed by atoms with Crippen molar-refractivity contribution in [2.45, 2.75) is 38.8 Å². The zero-order valence-corrected chi connectivity index (χ0v) is 11.9. The molecule has 2 aromatic rings. The number of fused-ring (bicyclic) bond motifs is 1. The largest absolute Gasteiger partial charge is 0.485 e. The van der Waals surface area contributed by atoms with Crippen LogP contribution in [0.3, 0.4) is 0 Å². The highest BCUT2D eigenvalue weighted by molar-refractivity contribution is 5.30. The van der Waals surface area contributed by atoms with Gasteiger partial charge in [-0.25, -0.2) is 4.39 Å². The average Bonchev–Trinajstić information content (AvgIpc) is 2.88. The van der Waals surface area contributed by atoms with Gasteiger partial charge in [-0.3, -0.25) is 0 Å². The molecule has 0 aliphatic carbocycles. The quantitative estimate of drug-likeness (QED) is 0.912. The number of hydrogen-bond donors (Lipinski definition) is 1. The Morgan fingerprint density at radius 1 is 1.24 bits per heavy atom. The van der Waals surface area contributed by atoms with E-state index in [2.05, 4.69) is 14.8 Å². The van der Waals surface area contributed by atoms with Crippen molar-refractivity contribution in [2.75, 3.05) is 6.54 Å². The summed E-state index contributed by atoms with van der Waals surface area (Å²) in [4.78, 5) is 0. The van der Waals surface area contributed by atoms with E-state index in [4.69, 9.17) is 10.5 Å². The van der Waals surface area contributed by atoms with Crippen LogP contribution in [0.1, 0.15) is 30.1 Å². The monoisotopic (exact) mass is 290 g/mol. The zero-order chi connectivity index (χ0) is 14.7. The van der Waals surface area contributed by atoms with E-state index in [0.29, 0.717) is 25.3 Å². The maximum atomic E-state index is 13.5. The summed E-state index contributed by atoms with van der Waals surface area (Å²) in [5, 5.41) is 8.34. The minimum absolute atomic E-state index is 0.304. The zero-order valence-electron chi connectivity index (χ0n) is 11.9. The number of nitrogens with zero attached hydrogens (tertiary/aromatic N) is 3. The average molecular weight is 290 g/mol. The minimum atomic E-state index is -0.306. The van der Waals surface area contributed by atoms with Crippen LogP contribution >= 0.6 is 0 Å². The van der Waals surface area contributed by atoms with Crippen LogP contribution in [0, 0.1) is 5.82 Å². The van der Waals surface area contributed by atoms with Crippen molar-refractivity contribution in [1.29, 1.82) is 0 Å². The van der Waals surface area contributed by atoms with Gasteiger partial charge in [-0.05, 0) is 43.5 Å². The van der Waals surface area contributed by atoms with Gasteiger partial charge in [0.15, 0.2) is 5.82 Å². The molecule has 5 nitrogen and oxygen atoms in total. The number of hydrogen-bond acceptors (Lipinski definition) is 4. The minimum Gasteiger partial charge on any atom is -0.485 e. The topological polar surface area (TPSA) is 66.0 Å². The van der Waals surface area contributed by atoms with Crippen molar-refractivity contribution < 1.29 is 9.13 Å². The van der Waals surface area contributed by atoms with Gasteiger partial charge in [-0.15, -0.1) is 10.2 Å². The van der Waals surface area contributed by atoms with Gasteiger partial charge in [0.1, 0.15) is 24.0 Å². The van der Waals surface area contributed by atoms with E-state index in [1.165, 1.54) is 12.1 Å². The summed E-state index contributed by atoms with van der Waals surface area (Å²) in [6.45, 7) is 1.72. The van der Waals surface area contributed by atoms with E-state index in [0.717, 1.165) is 43.0 Å². The molecule has 1 aliphatic rings. The molecular weight excluding hydrogens is 271 g/mol. The molecule has 3 rings (SSSR count). The first-order valence-corrected chi connectivity index (χ1v) is 7.29. The Bertz CT molecular complexity index is 626. The van der Waals surface area contributed by atoms with Gasteiger partial charge in [0.2, 0.25) is 0 Å². The van der Waals surface area contributed by atoms with Crippen molar-refractivity contribution in [2.24, 2.45) is 5.73 Å². The summed E-state index contributed by atoms with van der Waals surface area (Å²) in [5.74, 6) is 2.02. The summed E-state index contributed by atoms with van der Waals surface area (Å²) in [5.41, 5.74) is 6.35. The third-order valence-electron chi connectivity index (χ3n) is 3.67. The van der Waals surface area contributed by atoms with Crippen LogP contribution in [-0.4, -0.2) is 21.3 Å². The van der Waals surface area contributed by atoms with Crippen LogP contribution < -0.4 is 10.5 Å². The lowest BCUT2D eigenvalue weighted by atomic mass is 10.1. The maximum absolute atomic E-state index is 13.5. The molecule has 6 heteroatoms. The fraction of sp³-hybridized carbons (Fsp3) is 0.467. The summed E-state index contributed by atoms with van der Waals surface area (Å²) in [6, 6.07) is 4.69. The molecule has 1 aliphatic heterocycles. The second-order valence-corrected chi connectivity index (χ2v) is 5.26. The lowest BCUT2D eigenvalue weighted by Crippen LogP contribution is -2.14. The SMILES string of the molecule is NCCc1cc(F)cc(OCc2nnc3n2CCCC3)c1. The van der Waals surface area contributed by atoms with E-state index in [1.54, 1.807) is 0 Å². The standard InChI is InChI=1S/C15H19FN4O/c16-12-7-11(4-5-17)8-13(9-12)21-10-15-19-18-14-3-1-2-6-20(14)15/h7-9H,1-6,10,17H2. The van der Waals surface area contributed by atoms with Crippen LogP contribution in [0.4, 0.5) is 4.39 Å². The third-order valence-corrected chi connectivity index (χ3v) is 3.67. The number of nitrogens with two attached hydrogens (primary N) is 1. The van der Waals surface area contributed by atoms with E-state index in [1.807, 2.05) is 6.07 Å². The van der Waals surface area contributed by atoms with Crippen molar-refractivity contribution in [3.63, 3.8) is 0 Å². The third kappa shape index (κ3) is 3.21. The number of aryl methyl sites for hydroxylation is 1. The fourth-order valence-electron chi connectivity index (χ4n) is 2.64. The summed E-state index contributed by atoms with van der Waals surface area (Å²) >= 11 is 0. The Labute approximate surface area is 122 Å². The smallest absolute Gasteiger partial charge is 0.171 e. The molecule has 2 N–H and O–H groups in total. The molecule has 0 amide bonds. The van der Waals surface area contributed by atoms with Crippen molar-refractivity contribution >= 4 is 0 Å². The predicted molar refractivity (Wildman–Crippen MR) is 76.5 cm³/mol. The second-order valence-electron chi connectivity index (χ2n) is 5.26. The van der Waals surface area contributed by atoms with Gasteiger partial charge >= 0.3 is 0 Å². The Hall–Kier alpha value is -1.95. The van der Waals surface area contributed by atoms with Crippen LogP contribution in [0.2, 0.25) is 0 Å². The van der Waals surface area contributed by atoms with Gasteiger partial charge in [0.05, 0.1) is 0 Å². The molecular formula is C15H19FN4O. The lowest BCUT2D eigenvalue weighted by Gasteiger charge is -2.15. The molecule has 0 saturated heterocycles. The normalized spacial score (nSPS) is 14.0. The second kappa shape index (κ2) is 6.22. The van der Waals surface area contributed by atoms with Crippen LogP contribution in [-0.2, 0) is 26.0 Å². The molecule has 0 fully saturated rings. The number of halogens is 1. The van der Waals surface area contributed by atoms with Gasteiger partial charge < -0.3 is 15.0 Å². The highest BCUT2D eigenvalue weighted by Gasteiger charge is 2.16. The van der Waals surface area contributed by atoms with E-state index < -0.39 is 0 Å². The number of ether oxygens (including phenoxy) is 1. The Morgan fingerprint density at radius 3 is 3.00 bits per heavy atom. The molecule has 0 unspecified atom stereocenters. The van der Waals surface area contributed by atoms with Crippen LogP contribution in [0.5, 0.6) is 5.75 Å². The first-order chi connectivity index (χ1) is 10.3. The first-order valence-electron chi connectivity index (χ1n) is 7.29. The number of benzene rings is 1. The highest BCUT2D eigenvalue weighted by Crippen LogP contribution is 2.19. The molecule has 0 bridgehead atoms. The fourth-order valence-corrected chi connectivity index (χ4v) is 2.64. The molecule has 0 atom stereocenters. The number of aromatic nitrogens is 3.